The van der Waals surface area contributed by atoms with Crippen LogP contribution in [0.5, 0.6) is 0 Å². The molecule has 0 aromatic heterocycles. The molecule has 6 heteroatoms. The highest BCUT2D eigenvalue weighted by atomic mass is 16.5. The number of carbonyl (C=O) groups is 3. The third-order valence-corrected chi connectivity index (χ3v) is 1.85. The fraction of sp³-hybridized carbons (Fsp3) is 0.455. The van der Waals surface area contributed by atoms with Crippen LogP contribution >= 0.6 is 0 Å². The molecular formula is C11H16N2O4. The third-order valence-electron chi connectivity index (χ3n) is 1.85. The van der Waals surface area contributed by atoms with E-state index in [9.17, 15) is 14.4 Å². The Morgan fingerprint density at radius 1 is 1.47 bits per heavy atom. The van der Waals surface area contributed by atoms with Crippen molar-refractivity contribution < 1.29 is 19.1 Å². The summed E-state index contributed by atoms with van der Waals surface area (Å²) in [4.78, 5) is 33.3. The van der Waals surface area contributed by atoms with Crippen LogP contribution in [0.4, 0.5) is 0 Å². The van der Waals surface area contributed by atoms with Crippen LogP contribution in [0.25, 0.3) is 0 Å². The van der Waals surface area contributed by atoms with Crippen LogP contribution in [0.1, 0.15) is 19.8 Å². The number of hydrogen-bond donors (Lipinski definition) is 2. The molecule has 0 aromatic carbocycles. The lowest BCUT2D eigenvalue weighted by atomic mass is 10.1. The zero-order valence-electron chi connectivity index (χ0n) is 9.69. The van der Waals surface area contributed by atoms with Gasteiger partial charge in [0.1, 0.15) is 12.6 Å². The van der Waals surface area contributed by atoms with Gasteiger partial charge < -0.3 is 15.5 Å². The van der Waals surface area contributed by atoms with E-state index in [1.165, 1.54) is 13.0 Å². The molecule has 0 aliphatic rings. The lowest BCUT2D eigenvalue weighted by Crippen LogP contribution is -2.41. The smallest absolute Gasteiger partial charge is 0.328 e. The molecule has 0 saturated heterocycles. The Hall–Kier alpha value is -1.98. The van der Waals surface area contributed by atoms with Crippen LogP contribution in [-0.2, 0) is 19.1 Å². The Bertz CT molecular complexity index is 325. The van der Waals surface area contributed by atoms with Crippen molar-refractivity contribution in [1.82, 2.24) is 5.32 Å². The third kappa shape index (κ3) is 6.99. The van der Waals surface area contributed by atoms with Gasteiger partial charge in [0.05, 0.1) is 6.21 Å². The minimum Gasteiger partial charge on any atom is -0.460 e. The minimum absolute atomic E-state index is 0.0115. The van der Waals surface area contributed by atoms with Crippen LogP contribution in [0.15, 0.2) is 12.7 Å². The molecule has 0 bridgehead atoms. The second-order valence-corrected chi connectivity index (χ2v) is 3.32. The van der Waals surface area contributed by atoms with Crippen molar-refractivity contribution >= 4 is 23.9 Å². The van der Waals surface area contributed by atoms with Gasteiger partial charge in [-0.1, -0.05) is 12.7 Å². The summed E-state index contributed by atoms with van der Waals surface area (Å²) in [5.74, 6) is -1.40. The summed E-state index contributed by atoms with van der Waals surface area (Å²) < 4.78 is 4.78. The molecule has 0 aliphatic heterocycles. The summed E-state index contributed by atoms with van der Waals surface area (Å²) in [6.07, 6.45) is 2.22. The highest BCUT2D eigenvalue weighted by molar-refractivity contribution is 6.26. The Morgan fingerprint density at radius 2 is 2.12 bits per heavy atom. The van der Waals surface area contributed by atoms with Crippen LogP contribution in [0.2, 0.25) is 0 Å². The maximum Gasteiger partial charge on any atom is 0.328 e. The summed E-state index contributed by atoms with van der Waals surface area (Å²) in [5, 5.41) is 9.11. The summed E-state index contributed by atoms with van der Waals surface area (Å²) >= 11 is 0. The summed E-state index contributed by atoms with van der Waals surface area (Å²) in [5.41, 5.74) is 0. The Morgan fingerprint density at radius 3 is 2.59 bits per heavy atom. The van der Waals surface area contributed by atoms with Gasteiger partial charge in [-0.2, -0.15) is 0 Å². The first-order valence-corrected chi connectivity index (χ1v) is 5.09. The van der Waals surface area contributed by atoms with Gasteiger partial charge in [0.15, 0.2) is 5.78 Å². The molecule has 0 rings (SSSR count). The number of Topliss-reactive ketones (excluding diaryl/α,β-unsaturated/α-hetero) is 1. The molecule has 0 unspecified atom stereocenters. The minimum atomic E-state index is -0.864. The van der Waals surface area contributed by atoms with Crippen LogP contribution in [0.3, 0.4) is 0 Å². The molecule has 17 heavy (non-hydrogen) atoms. The molecule has 0 radical (unpaired) electrons. The molecule has 1 atom stereocenters. The van der Waals surface area contributed by atoms with Crippen molar-refractivity contribution in [2.24, 2.45) is 0 Å². The van der Waals surface area contributed by atoms with Crippen LogP contribution in [-0.4, -0.2) is 36.5 Å². The monoisotopic (exact) mass is 240 g/mol. The number of ketones is 1. The predicted molar refractivity (Wildman–Crippen MR) is 61.8 cm³/mol. The van der Waals surface area contributed by atoms with Crippen molar-refractivity contribution in [3.05, 3.63) is 12.7 Å². The molecule has 0 aliphatic carbocycles. The van der Waals surface area contributed by atoms with Gasteiger partial charge in [-0.25, -0.2) is 4.79 Å². The number of ether oxygens (including phenoxy) is 1. The van der Waals surface area contributed by atoms with Crippen molar-refractivity contribution in [2.45, 2.75) is 25.8 Å². The van der Waals surface area contributed by atoms with E-state index in [4.69, 9.17) is 10.1 Å². The van der Waals surface area contributed by atoms with E-state index in [0.717, 1.165) is 0 Å². The highest BCUT2D eigenvalue weighted by Crippen LogP contribution is 2.01. The van der Waals surface area contributed by atoms with Crippen molar-refractivity contribution in [3.8, 4) is 0 Å². The zero-order chi connectivity index (χ0) is 13.3. The summed E-state index contributed by atoms with van der Waals surface area (Å²) in [7, 11) is 0. The number of carbonyl (C=O) groups excluding carboxylic acids is 3. The summed E-state index contributed by atoms with van der Waals surface area (Å²) in [6.45, 7) is 4.71. The molecule has 0 saturated carbocycles. The Balaban J connectivity index is 4.35. The van der Waals surface area contributed by atoms with E-state index in [-0.39, 0.29) is 25.4 Å². The first kappa shape index (κ1) is 15.0. The van der Waals surface area contributed by atoms with E-state index < -0.39 is 17.8 Å². The predicted octanol–water partition coefficient (Wildman–Crippen LogP) is 0.219. The first-order chi connectivity index (χ1) is 8.01. The number of nitrogens with one attached hydrogen (secondary N) is 2. The average molecular weight is 240 g/mol. The second-order valence-electron chi connectivity index (χ2n) is 3.32. The Kier molecular flexibility index (Phi) is 7.25. The SMILES string of the molecule is C=CCOC(=O)[C@H](CCC(=O)C=N)NC(C)=O. The number of hydrogen-bond acceptors (Lipinski definition) is 5. The number of esters is 1. The molecule has 2 N–H and O–H groups in total. The highest BCUT2D eigenvalue weighted by Gasteiger charge is 2.21. The van der Waals surface area contributed by atoms with Crippen molar-refractivity contribution in [3.63, 3.8) is 0 Å². The summed E-state index contributed by atoms with van der Waals surface area (Å²) in [6, 6.07) is -0.864. The van der Waals surface area contributed by atoms with E-state index in [1.807, 2.05) is 0 Å². The van der Waals surface area contributed by atoms with Gasteiger partial charge in [-0.15, -0.1) is 0 Å². The largest absolute Gasteiger partial charge is 0.460 e. The molecule has 0 fully saturated rings. The van der Waals surface area contributed by atoms with Gasteiger partial charge in [0.2, 0.25) is 5.91 Å². The zero-order valence-corrected chi connectivity index (χ0v) is 9.69. The fourth-order valence-electron chi connectivity index (χ4n) is 1.09. The van der Waals surface area contributed by atoms with E-state index in [1.54, 1.807) is 0 Å². The van der Waals surface area contributed by atoms with E-state index in [0.29, 0.717) is 6.21 Å². The first-order valence-electron chi connectivity index (χ1n) is 5.09. The van der Waals surface area contributed by atoms with Gasteiger partial charge in [-0.05, 0) is 6.42 Å². The second kappa shape index (κ2) is 8.20. The van der Waals surface area contributed by atoms with Crippen LogP contribution in [0, 0.1) is 5.41 Å². The quantitative estimate of drug-likeness (QED) is 0.360. The standard InChI is InChI=1S/C11H16N2O4/c1-3-6-17-11(16)10(13-8(2)14)5-4-9(15)7-12/h3,7,10,12H,1,4-6H2,2H3,(H,13,14)/t10-/m0/s1. The molecular weight excluding hydrogens is 224 g/mol. The van der Waals surface area contributed by atoms with E-state index in [2.05, 4.69) is 11.9 Å². The number of rotatable bonds is 8. The van der Waals surface area contributed by atoms with Gasteiger partial charge in [-0.3, -0.25) is 9.59 Å². The maximum atomic E-state index is 11.5. The van der Waals surface area contributed by atoms with Crippen molar-refractivity contribution in [2.75, 3.05) is 6.61 Å². The normalized spacial score (nSPS) is 11.1. The number of amides is 1. The van der Waals surface area contributed by atoms with Gasteiger partial charge in [0.25, 0.3) is 0 Å². The van der Waals surface area contributed by atoms with Crippen LogP contribution < -0.4 is 5.32 Å². The van der Waals surface area contributed by atoms with Crippen molar-refractivity contribution in [1.29, 1.82) is 5.41 Å². The van der Waals surface area contributed by atoms with Gasteiger partial charge >= 0.3 is 5.97 Å². The maximum absolute atomic E-state index is 11.5. The molecule has 0 aromatic rings. The molecule has 1 amide bonds. The van der Waals surface area contributed by atoms with Gasteiger partial charge in [0, 0.05) is 13.3 Å². The molecule has 0 spiro atoms. The average Bonchev–Trinajstić information content (AvgIpc) is 2.30. The lowest BCUT2D eigenvalue weighted by Gasteiger charge is -2.15. The molecule has 6 nitrogen and oxygen atoms in total. The topological polar surface area (TPSA) is 96.3 Å². The van der Waals surface area contributed by atoms with E-state index >= 15 is 0 Å². The molecule has 94 valence electrons. The molecule has 0 heterocycles. The lowest BCUT2D eigenvalue weighted by molar-refractivity contribution is -0.146. The Labute approximate surface area is 99.5 Å². The fourth-order valence-corrected chi connectivity index (χ4v) is 1.09.